The molecule has 0 heterocycles. The minimum atomic E-state index is 0.166. The largest absolute Gasteiger partial charge is 0.356 e. The van der Waals surface area contributed by atoms with Gasteiger partial charge in [0, 0.05) is 13.0 Å². The van der Waals surface area contributed by atoms with Gasteiger partial charge in [-0.1, -0.05) is 20.8 Å². The van der Waals surface area contributed by atoms with Gasteiger partial charge in [0.1, 0.15) is 0 Å². The maximum atomic E-state index is 11.4. The third-order valence-electron chi connectivity index (χ3n) is 2.55. The standard InChI is InChI=1S/C12H26N2O/c1-10(2)5-4-8-14-12(15)7-6-11(3)9-13/h10-11H,4-9,13H2,1-3H3,(H,14,15). The zero-order chi connectivity index (χ0) is 11.7. The monoisotopic (exact) mass is 214 g/mol. The number of nitrogens with one attached hydrogen (secondary N) is 1. The molecule has 3 nitrogen and oxygen atoms in total. The van der Waals surface area contributed by atoms with Gasteiger partial charge in [0.15, 0.2) is 0 Å². The summed E-state index contributed by atoms with van der Waals surface area (Å²) in [5.74, 6) is 1.34. The summed E-state index contributed by atoms with van der Waals surface area (Å²) in [7, 11) is 0. The second-order valence-corrected chi connectivity index (χ2v) is 4.77. The van der Waals surface area contributed by atoms with Crippen molar-refractivity contribution in [1.82, 2.24) is 5.32 Å². The van der Waals surface area contributed by atoms with E-state index in [1.807, 2.05) is 0 Å². The molecule has 0 saturated heterocycles. The van der Waals surface area contributed by atoms with E-state index in [0.717, 1.165) is 25.3 Å². The van der Waals surface area contributed by atoms with Crippen LogP contribution in [0.15, 0.2) is 0 Å². The van der Waals surface area contributed by atoms with Crippen molar-refractivity contribution < 1.29 is 4.79 Å². The Morgan fingerprint density at radius 3 is 2.47 bits per heavy atom. The van der Waals surface area contributed by atoms with Gasteiger partial charge in [0.2, 0.25) is 5.91 Å². The summed E-state index contributed by atoms with van der Waals surface area (Å²) in [6, 6.07) is 0. The lowest BCUT2D eigenvalue weighted by atomic mass is 10.1. The number of nitrogens with two attached hydrogens (primary N) is 1. The Bertz CT molecular complexity index is 169. The van der Waals surface area contributed by atoms with Gasteiger partial charge >= 0.3 is 0 Å². The van der Waals surface area contributed by atoms with Crippen LogP contribution in [0.4, 0.5) is 0 Å². The Hall–Kier alpha value is -0.570. The molecule has 0 aromatic heterocycles. The van der Waals surface area contributed by atoms with Crippen LogP contribution >= 0.6 is 0 Å². The maximum absolute atomic E-state index is 11.4. The van der Waals surface area contributed by atoms with Gasteiger partial charge in [-0.2, -0.15) is 0 Å². The molecule has 1 amide bonds. The van der Waals surface area contributed by atoms with Crippen LogP contribution < -0.4 is 11.1 Å². The van der Waals surface area contributed by atoms with Crippen LogP contribution in [-0.4, -0.2) is 19.0 Å². The first-order valence-electron chi connectivity index (χ1n) is 6.03. The van der Waals surface area contributed by atoms with Crippen molar-refractivity contribution in [1.29, 1.82) is 0 Å². The molecule has 0 saturated carbocycles. The molecule has 0 radical (unpaired) electrons. The molecule has 3 heteroatoms. The van der Waals surface area contributed by atoms with Crippen molar-refractivity contribution in [2.75, 3.05) is 13.1 Å². The third kappa shape index (κ3) is 9.73. The molecule has 90 valence electrons. The van der Waals surface area contributed by atoms with Gasteiger partial charge in [0.05, 0.1) is 0 Å². The summed E-state index contributed by atoms with van der Waals surface area (Å²) in [4.78, 5) is 11.4. The van der Waals surface area contributed by atoms with E-state index in [1.165, 1.54) is 6.42 Å². The molecule has 0 aliphatic rings. The smallest absolute Gasteiger partial charge is 0.220 e. The number of hydrogen-bond acceptors (Lipinski definition) is 2. The molecule has 1 atom stereocenters. The molecule has 0 aliphatic carbocycles. The van der Waals surface area contributed by atoms with E-state index < -0.39 is 0 Å². The van der Waals surface area contributed by atoms with Gasteiger partial charge in [-0.15, -0.1) is 0 Å². The highest BCUT2D eigenvalue weighted by Gasteiger charge is 2.04. The minimum Gasteiger partial charge on any atom is -0.356 e. The van der Waals surface area contributed by atoms with Crippen LogP contribution in [0, 0.1) is 11.8 Å². The molecule has 0 aliphatic heterocycles. The summed E-state index contributed by atoms with van der Waals surface area (Å²) < 4.78 is 0. The molecule has 1 unspecified atom stereocenters. The Morgan fingerprint density at radius 2 is 1.93 bits per heavy atom. The van der Waals surface area contributed by atoms with Crippen LogP contribution in [-0.2, 0) is 4.79 Å². The third-order valence-corrected chi connectivity index (χ3v) is 2.55. The predicted molar refractivity (Wildman–Crippen MR) is 64.5 cm³/mol. The second kappa shape index (κ2) is 8.72. The van der Waals surface area contributed by atoms with Crippen molar-refractivity contribution in [3.8, 4) is 0 Å². The molecule has 0 aromatic rings. The zero-order valence-corrected chi connectivity index (χ0v) is 10.4. The van der Waals surface area contributed by atoms with E-state index in [-0.39, 0.29) is 5.91 Å². The first-order valence-corrected chi connectivity index (χ1v) is 6.03. The van der Waals surface area contributed by atoms with Gasteiger partial charge < -0.3 is 11.1 Å². The van der Waals surface area contributed by atoms with E-state index in [2.05, 4.69) is 26.1 Å². The highest BCUT2D eigenvalue weighted by atomic mass is 16.1. The van der Waals surface area contributed by atoms with Crippen molar-refractivity contribution in [3.05, 3.63) is 0 Å². The molecule has 0 bridgehead atoms. The van der Waals surface area contributed by atoms with Crippen molar-refractivity contribution >= 4 is 5.91 Å². The molecule has 0 fully saturated rings. The summed E-state index contributed by atoms with van der Waals surface area (Å²) in [6.45, 7) is 7.95. The fraction of sp³-hybridized carbons (Fsp3) is 0.917. The lowest BCUT2D eigenvalue weighted by Crippen LogP contribution is -2.25. The molecular formula is C12H26N2O. The van der Waals surface area contributed by atoms with Crippen LogP contribution in [0.1, 0.15) is 46.5 Å². The van der Waals surface area contributed by atoms with Crippen molar-refractivity contribution in [3.63, 3.8) is 0 Å². The molecule has 0 spiro atoms. The van der Waals surface area contributed by atoms with Gasteiger partial charge in [-0.3, -0.25) is 4.79 Å². The normalized spacial score (nSPS) is 12.9. The quantitative estimate of drug-likeness (QED) is 0.606. The Labute approximate surface area is 93.8 Å². The highest BCUT2D eigenvalue weighted by molar-refractivity contribution is 5.75. The lowest BCUT2D eigenvalue weighted by molar-refractivity contribution is -0.121. The van der Waals surface area contributed by atoms with Crippen LogP contribution in [0.5, 0.6) is 0 Å². The van der Waals surface area contributed by atoms with E-state index in [0.29, 0.717) is 18.9 Å². The molecular weight excluding hydrogens is 188 g/mol. The summed E-state index contributed by atoms with van der Waals surface area (Å²) in [5, 5.41) is 2.94. The molecule has 0 aromatic carbocycles. The summed E-state index contributed by atoms with van der Waals surface area (Å²) in [5.41, 5.74) is 5.48. The predicted octanol–water partition coefficient (Wildman–Crippen LogP) is 1.91. The summed E-state index contributed by atoms with van der Waals surface area (Å²) >= 11 is 0. The highest BCUT2D eigenvalue weighted by Crippen LogP contribution is 2.04. The molecule has 15 heavy (non-hydrogen) atoms. The zero-order valence-electron chi connectivity index (χ0n) is 10.4. The van der Waals surface area contributed by atoms with E-state index in [4.69, 9.17) is 5.73 Å². The van der Waals surface area contributed by atoms with Crippen molar-refractivity contribution in [2.45, 2.75) is 46.5 Å². The molecule has 0 rings (SSSR count). The number of amides is 1. The molecule has 3 N–H and O–H groups in total. The Balaban J connectivity index is 3.34. The van der Waals surface area contributed by atoms with Gasteiger partial charge in [0.25, 0.3) is 0 Å². The number of carbonyl (C=O) groups excluding carboxylic acids is 1. The second-order valence-electron chi connectivity index (χ2n) is 4.77. The lowest BCUT2D eigenvalue weighted by Gasteiger charge is -2.09. The summed E-state index contributed by atoms with van der Waals surface area (Å²) in [6.07, 6.45) is 3.77. The van der Waals surface area contributed by atoms with Crippen LogP contribution in [0.2, 0.25) is 0 Å². The fourth-order valence-electron chi connectivity index (χ4n) is 1.32. The van der Waals surface area contributed by atoms with E-state index >= 15 is 0 Å². The van der Waals surface area contributed by atoms with E-state index in [1.54, 1.807) is 0 Å². The average molecular weight is 214 g/mol. The Kier molecular flexibility index (Phi) is 8.38. The minimum absolute atomic E-state index is 0.166. The number of hydrogen-bond donors (Lipinski definition) is 2. The topological polar surface area (TPSA) is 55.1 Å². The SMILES string of the molecule is CC(C)CCCNC(=O)CCC(C)CN. The average Bonchev–Trinajstić information content (AvgIpc) is 2.20. The first-order chi connectivity index (χ1) is 7.06. The maximum Gasteiger partial charge on any atom is 0.220 e. The van der Waals surface area contributed by atoms with Crippen molar-refractivity contribution in [2.24, 2.45) is 17.6 Å². The fourth-order valence-corrected chi connectivity index (χ4v) is 1.32. The van der Waals surface area contributed by atoms with Gasteiger partial charge in [-0.05, 0) is 37.6 Å². The number of carbonyl (C=O) groups is 1. The van der Waals surface area contributed by atoms with E-state index in [9.17, 15) is 4.79 Å². The van der Waals surface area contributed by atoms with Crippen LogP contribution in [0.3, 0.4) is 0 Å². The van der Waals surface area contributed by atoms with Gasteiger partial charge in [-0.25, -0.2) is 0 Å². The first kappa shape index (κ1) is 14.4. The number of rotatable bonds is 8. The Morgan fingerprint density at radius 1 is 1.27 bits per heavy atom. The van der Waals surface area contributed by atoms with Crippen LogP contribution in [0.25, 0.3) is 0 Å².